The Labute approximate surface area is 203 Å². The maximum Gasteiger partial charge on any atom is 0.248 e. The van der Waals surface area contributed by atoms with Gasteiger partial charge >= 0.3 is 0 Å². The number of nitrogens with zero attached hydrogens (tertiary/aromatic N) is 3. The maximum atomic E-state index is 12.5. The quantitative estimate of drug-likeness (QED) is 0.405. The first kappa shape index (κ1) is 25.1. The molecule has 1 amide bonds. The van der Waals surface area contributed by atoms with Crippen LogP contribution in [0, 0.1) is 0 Å². The summed E-state index contributed by atoms with van der Waals surface area (Å²) in [7, 11) is 6.94. The number of hydrogen-bond acceptors (Lipinski definition) is 8. The number of fused-ring (bicyclic) bond motifs is 1. The molecule has 180 valence electrons. The van der Waals surface area contributed by atoms with E-state index in [0.717, 1.165) is 0 Å². The van der Waals surface area contributed by atoms with E-state index in [1.165, 1.54) is 19.5 Å². The molecule has 0 bridgehead atoms. The highest BCUT2D eigenvalue weighted by Crippen LogP contribution is 2.39. The van der Waals surface area contributed by atoms with E-state index >= 15 is 0 Å². The van der Waals surface area contributed by atoms with Gasteiger partial charge in [-0.15, -0.1) is 0 Å². The van der Waals surface area contributed by atoms with Crippen LogP contribution in [0.4, 0.5) is 17.2 Å². The van der Waals surface area contributed by atoms with Crippen molar-refractivity contribution in [1.82, 2.24) is 14.9 Å². The van der Waals surface area contributed by atoms with Crippen molar-refractivity contribution in [2.24, 2.45) is 0 Å². The number of methoxy groups -OCH3 is 2. The predicted molar refractivity (Wildman–Crippen MR) is 135 cm³/mol. The lowest BCUT2D eigenvalue weighted by atomic mass is 10.1. The fraction of sp³-hybridized carbons (Fsp3) is 0.292. The Bertz CT molecular complexity index is 1200. The summed E-state index contributed by atoms with van der Waals surface area (Å²) in [6.07, 6.45) is 4.72. The number of benzene rings is 2. The Morgan fingerprint density at radius 2 is 1.82 bits per heavy atom. The zero-order valence-electron chi connectivity index (χ0n) is 19.8. The molecule has 0 atom stereocenters. The van der Waals surface area contributed by atoms with Crippen molar-refractivity contribution in [2.45, 2.75) is 6.92 Å². The fourth-order valence-corrected chi connectivity index (χ4v) is 3.42. The van der Waals surface area contributed by atoms with Crippen molar-refractivity contribution in [3.63, 3.8) is 0 Å². The van der Waals surface area contributed by atoms with Crippen molar-refractivity contribution in [1.29, 1.82) is 0 Å². The van der Waals surface area contributed by atoms with E-state index in [4.69, 9.17) is 25.8 Å². The Morgan fingerprint density at radius 3 is 2.50 bits per heavy atom. The van der Waals surface area contributed by atoms with Gasteiger partial charge in [0.15, 0.2) is 0 Å². The lowest BCUT2D eigenvalue weighted by Crippen LogP contribution is -2.13. The van der Waals surface area contributed by atoms with Gasteiger partial charge < -0.3 is 29.7 Å². The Hall–Kier alpha value is -3.56. The predicted octanol–water partition coefficient (Wildman–Crippen LogP) is 4.50. The number of hydrogen-bond donors (Lipinski definition) is 2. The van der Waals surface area contributed by atoms with E-state index in [9.17, 15) is 4.79 Å². The Kier molecular flexibility index (Phi) is 8.50. The van der Waals surface area contributed by atoms with Gasteiger partial charge in [-0.2, -0.15) is 0 Å². The molecule has 2 aromatic carbocycles. The average Bonchev–Trinajstić information content (AvgIpc) is 2.80. The lowest BCUT2D eigenvalue weighted by molar-refractivity contribution is -0.111. The van der Waals surface area contributed by atoms with E-state index in [1.807, 2.05) is 25.9 Å². The van der Waals surface area contributed by atoms with Gasteiger partial charge in [-0.3, -0.25) is 4.79 Å². The third kappa shape index (κ3) is 6.06. The molecule has 1 aromatic heterocycles. The Morgan fingerprint density at radius 1 is 1.06 bits per heavy atom. The van der Waals surface area contributed by atoms with Gasteiger partial charge in [0.05, 0.1) is 42.7 Å². The number of likely N-dealkylation sites (N-methyl/N-ethyl adjacent to an activating group) is 1. The highest BCUT2D eigenvalue weighted by molar-refractivity contribution is 6.32. The van der Waals surface area contributed by atoms with Crippen LogP contribution in [-0.2, 0) is 4.79 Å². The number of ether oxygens (including phenoxy) is 3. The molecule has 1 heterocycles. The van der Waals surface area contributed by atoms with Crippen LogP contribution in [0.5, 0.6) is 17.2 Å². The first-order valence-electron chi connectivity index (χ1n) is 10.6. The summed E-state index contributed by atoms with van der Waals surface area (Å²) in [6.45, 7) is 2.96. The summed E-state index contributed by atoms with van der Waals surface area (Å²) in [5.74, 6) is 1.76. The van der Waals surface area contributed by atoms with Gasteiger partial charge in [-0.05, 0) is 27.1 Å². The average molecular weight is 486 g/mol. The molecule has 0 saturated heterocycles. The molecule has 0 aliphatic heterocycles. The van der Waals surface area contributed by atoms with Crippen LogP contribution in [0.2, 0.25) is 5.02 Å². The molecule has 9 nitrogen and oxygen atoms in total. The number of rotatable bonds is 10. The van der Waals surface area contributed by atoms with Crippen LogP contribution in [0.25, 0.3) is 10.9 Å². The Balaban J connectivity index is 2.02. The van der Waals surface area contributed by atoms with Crippen LogP contribution in [0.3, 0.4) is 0 Å². The summed E-state index contributed by atoms with van der Waals surface area (Å²) in [5.41, 5.74) is 1.75. The van der Waals surface area contributed by atoms with Gasteiger partial charge in [-0.25, -0.2) is 9.97 Å². The van der Waals surface area contributed by atoms with Crippen molar-refractivity contribution in [2.75, 3.05) is 52.1 Å². The molecular weight excluding hydrogens is 458 g/mol. The first-order chi connectivity index (χ1) is 16.4. The summed E-state index contributed by atoms with van der Waals surface area (Å²) < 4.78 is 16.5. The molecule has 0 aliphatic rings. The normalized spacial score (nSPS) is 11.1. The molecule has 0 unspecified atom stereocenters. The minimum absolute atomic E-state index is 0.266. The van der Waals surface area contributed by atoms with Gasteiger partial charge in [0.25, 0.3) is 0 Å². The summed E-state index contributed by atoms with van der Waals surface area (Å²) in [4.78, 5) is 23.2. The van der Waals surface area contributed by atoms with E-state index in [-0.39, 0.29) is 5.91 Å². The zero-order chi connectivity index (χ0) is 24.7. The largest absolute Gasteiger partial charge is 0.495 e. The smallest absolute Gasteiger partial charge is 0.248 e. The van der Waals surface area contributed by atoms with Crippen molar-refractivity contribution in [3.8, 4) is 17.2 Å². The van der Waals surface area contributed by atoms with Gasteiger partial charge in [0.2, 0.25) is 5.91 Å². The van der Waals surface area contributed by atoms with Crippen LogP contribution in [-0.4, -0.2) is 62.2 Å². The molecule has 0 radical (unpaired) electrons. The van der Waals surface area contributed by atoms with Crippen LogP contribution < -0.4 is 24.8 Å². The molecule has 10 heteroatoms. The van der Waals surface area contributed by atoms with E-state index in [0.29, 0.717) is 63.5 Å². The molecule has 2 N–H and O–H groups in total. The molecule has 0 fully saturated rings. The van der Waals surface area contributed by atoms with Crippen molar-refractivity contribution in [3.05, 3.63) is 47.8 Å². The summed E-state index contributed by atoms with van der Waals surface area (Å²) in [5, 5.41) is 7.24. The van der Waals surface area contributed by atoms with E-state index in [1.54, 1.807) is 37.5 Å². The van der Waals surface area contributed by atoms with Crippen LogP contribution >= 0.6 is 11.6 Å². The zero-order valence-corrected chi connectivity index (χ0v) is 20.6. The second-order valence-corrected chi connectivity index (χ2v) is 7.89. The molecule has 3 aromatic rings. The summed E-state index contributed by atoms with van der Waals surface area (Å²) in [6, 6.07) is 6.93. The minimum Gasteiger partial charge on any atom is -0.495 e. The standard InChI is InChI=1S/C24H28ClN5O4/c1-6-34-22-12-17-15(10-18(22)28-23(31)8-7-9-30(2)3)24(27-14-26-17)29-19-13-20(32-4)16(25)11-21(19)33-5/h7-8,10-14H,6,9H2,1-5H3,(H,28,31)(H,26,27,29). The van der Waals surface area contributed by atoms with Crippen molar-refractivity contribution >= 4 is 45.6 Å². The molecular formula is C24H28ClN5O4. The van der Waals surface area contributed by atoms with Crippen LogP contribution in [0.1, 0.15) is 6.92 Å². The molecule has 0 spiro atoms. The molecule has 0 aliphatic carbocycles. The summed E-state index contributed by atoms with van der Waals surface area (Å²) >= 11 is 6.23. The number of anilines is 3. The van der Waals surface area contributed by atoms with Gasteiger partial charge in [0.1, 0.15) is 29.4 Å². The molecule has 34 heavy (non-hydrogen) atoms. The van der Waals surface area contributed by atoms with E-state index < -0.39 is 0 Å². The monoisotopic (exact) mass is 485 g/mol. The lowest BCUT2D eigenvalue weighted by Gasteiger charge is -2.16. The number of amides is 1. The molecule has 0 saturated carbocycles. The SMILES string of the molecule is CCOc1cc2ncnc(Nc3cc(OC)c(Cl)cc3OC)c2cc1NC(=O)C=CCN(C)C. The second kappa shape index (κ2) is 11.5. The highest BCUT2D eigenvalue weighted by atomic mass is 35.5. The maximum absolute atomic E-state index is 12.5. The highest BCUT2D eigenvalue weighted by Gasteiger charge is 2.15. The number of carbonyl (C=O) groups is 1. The first-order valence-corrected chi connectivity index (χ1v) is 11.0. The number of carbonyl (C=O) groups excluding carboxylic acids is 1. The number of nitrogens with one attached hydrogen (secondary N) is 2. The third-order valence-corrected chi connectivity index (χ3v) is 5.06. The molecule has 3 rings (SSSR count). The number of halogens is 1. The van der Waals surface area contributed by atoms with Gasteiger partial charge in [-0.1, -0.05) is 17.7 Å². The minimum atomic E-state index is -0.266. The number of aromatic nitrogens is 2. The van der Waals surface area contributed by atoms with Crippen molar-refractivity contribution < 1.29 is 19.0 Å². The second-order valence-electron chi connectivity index (χ2n) is 7.49. The van der Waals surface area contributed by atoms with Crippen LogP contribution in [0.15, 0.2) is 42.7 Å². The topological polar surface area (TPSA) is 97.8 Å². The van der Waals surface area contributed by atoms with E-state index in [2.05, 4.69) is 20.6 Å². The third-order valence-electron chi connectivity index (χ3n) is 4.76. The fourth-order valence-electron chi connectivity index (χ4n) is 3.19. The van der Waals surface area contributed by atoms with Gasteiger partial charge in [0, 0.05) is 36.2 Å².